The average Bonchev–Trinajstić information content (AvgIpc) is 2.77. The van der Waals surface area contributed by atoms with Gasteiger partial charge in [0, 0.05) is 20.1 Å². The second kappa shape index (κ2) is 5.57. The van der Waals surface area contributed by atoms with Crippen molar-refractivity contribution in [3.05, 3.63) is 43.9 Å². The van der Waals surface area contributed by atoms with Crippen molar-refractivity contribution in [1.82, 2.24) is 4.98 Å². The summed E-state index contributed by atoms with van der Waals surface area (Å²) in [4.78, 5) is 4.67. The van der Waals surface area contributed by atoms with Crippen molar-refractivity contribution >= 4 is 39.6 Å². The molecule has 2 rings (SSSR count). The minimum atomic E-state index is 0.145. The number of rotatable bonds is 3. The normalized spacial score (nSPS) is 11.6. The first-order valence-electron chi connectivity index (χ1n) is 5.89. The van der Waals surface area contributed by atoms with Gasteiger partial charge in [0.25, 0.3) is 0 Å². The molecule has 0 aliphatic carbocycles. The summed E-state index contributed by atoms with van der Waals surface area (Å²) in [6.45, 7) is 7.37. The summed E-state index contributed by atoms with van der Waals surface area (Å²) in [5, 5.41) is 6.73. The second-order valence-corrected chi connectivity index (χ2v) is 7.36. The van der Waals surface area contributed by atoms with E-state index in [4.69, 9.17) is 0 Å². The van der Waals surface area contributed by atoms with E-state index in [1.54, 1.807) is 11.3 Å². The average molecular weight is 372 g/mol. The summed E-state index contributed by atoms with van der Waals surface area (Å²) >= 11 is 4.05. The van der Waals surface area contributed by atoms with Gasteiger partial charge in [-0.3, -0.25) is 0 Å². The van der Waals surface area contributed by atoms with Crippen molar-refractivity contribution in [2.24, 2.45) is 0 Å². The largest absolute Gasteiger partial charge is 0.379 e. The number of halogens is 1. The molecule has 0 radical (unpaired) electrons. The lowest BCUT2D eigenvalue weighted by Crippen LogP contribution is -2.11. The molecule has 4 heteroatoms. The molecule has 0 bridgehead atoms. The quantitative estimate of drug-likeness (QED) is 0.793. The van der Waals surface area contributed by atoms with Crippen LogP contribution in [0.3, 0.4) is 0 Å². The van der Waals surface area contributed by atoms with Gasteiger partial charge in [-0.05, 0) is 46.9 Å². The third-order valence-corrected chi connectivity index (χ3v) is 4.55. The van der Waals surface area contributed by atoms with Gasteiger partial charge < -0.3 is 5.32 Å². The maximum absolute atomic E-state index is 4.67. The molecule has 0 saturated carbocycles. The number of hydrogen-bond donors (Lipinski definition) is 1. The summed E-state index contributed by atoms with van der Waals surface area (Å²) in [5.41, 5.74) is 2.40. The van der Waals surface area contributed by atoms with E-state index in [2.05, 4.69) is 83.3 Å². The van der Waals surface area contributed by atoms with Gasteiger partial charge in [-0.2, -0.15) is 0 Å². The van der Waals surface area contributed by atoms with Crippen LogP contribution in [0.4, 0.5) is 5.69 Å². The van der Waals surface area contributed by atoms with Crippen LogP contribution < -0.4 is 5.32 Å². The van der Waals surface area contributed by atoms with Crippen LogP contribution in [0, 0.1) is 3.57 Å². The third-order valence-electron chi connectivity index (χ3n) is 2.51. The molecule has 0 amide bonds. The molecule has 18 heavy (non-hydrogen) atoms. The zero-order valence-corrected chi connectivity index (χ0v) is 13.8. The highest BCUT2D eigenvalue weighted by molar-refractivity contribution is 14.1. The summed E-state index contributed by atoms with van der Waals surface area (Å²) < 4.78 is 1.25. The van der Waals surface area contributed by atoms with E-state index in [1.807, 2.05) is 0 Å². The number of nitrogens with zero attached hydrogens (tertiary/aromatic N) is 1. The molecule has 0 unspecified atom stereocenters. The highest BCUT2D eigenvalue weighted by Gasteiger charge is 2.17. The number of benzene rings is 1. The SMILES string of the molecule is CC(C)(C)c1nc(CNc2ccc(I)cc2)cs1. The molecule has 1 N–H and O–H groups in total. The molecule has 0 atom stereocenters. The first-order chi connectivity index (χ1) is 8.45. The third kappa shape index (κ3) is 3.68. The van der Waals surface area contributed by atoms with Gasteiger partial charge >= 0.3 is 0 Å². The summed E-state index contributed by atoms with van der Waals surface area (Å²) in [5.74, 6) is 0. The zero-order chi connectivity index (χ0) is 13.2. The van der Waals surface area contributed by atoms with Crippen molar-refractivity contribution in [2.75, 3.05) is 5.32 Å². The van der Waals surface area contributed by atoms with Crippen LogP contribution >= 0.6 is 33.9 Å². The Morgan fingerprint density at radius 1 is 1.22 bits per heavy atom. The van der Waals surface area contributed by atoms with Crippen molar-refractivity contribution in [3.8, 4) is 0 Å². The fourth-order valence-electron chi connectivity index (χ4n) is 1.49. The zero-order valence-electron chi connectivity index (χ0n) is 10.8. The summed E-state index contributed by atoms with van der Waals surface area (Å²) in [6, 6.07) is 8.40. The number of anilines is 1. The lowest BCUT2D eigenvalue weighted by atomic mass is 9.98. The van der Waals surface area contributed by atoms with E-state index in [1.165, 1.54) is 8.58 Å². The smallest absolute Gasteiger partial charge is 0.0982 e. The van der Waals surface area contributed by atoms with Gasteiger partial charge in [0.05, 0.1) is 17.2 Å². The number of hydrogen-bond acceptors (Lipinski definition) is 3. The van der Waals surface area contributed by atoms with E-state index in [9.17, 15) is 0 Å². The van der Waals surface area contributed by atoms with Crippen LogP contribution in [0.2, 0.25) is 0 Å². The Morgan fingerprint density at radius 2 is 1.89 bits per heavy atom. The van der Waals surface area contributed by atoms with Crippen molar-refractivity contribution in [2.45, 2.75) is 32.7 Å². The molecule has 0 spiro atoms. The topological polar surface area (TPSA) is 24.9 Å². The number of thiazole rings is 1. The predicted octanol–water partition coefficient (Wildman–Crippen LogP) is 4.66. The maximum atomic E-state index is 4.67. The Morgan fingerprint density at radius 3 is 2.44 bits per heavy atom. The predicted molar refractivity (Wildman–Crippen MR) is 87.3 cm³/mol. The fourth-order valence-corrected chi connectivity index (χ4v) is 2.76. The van der Waals surface area contributed by atoms with Gasteiger partial charge in [0.1, 0.15) is 0 Å². The Balaban J connectivity index is 1.98. The van der Waals surface area contributed by atoms with Gasteiger partial charge in [-0.1, -0.05) is 20.8 Å². The molecule has 2 aromatic rings. The Hall–Kier alpha value is -0.620. The highest BCUT2D eigenvalue weighted by Crippen LogP contribution is 2.25. The van der Waals surface area contributed by atoms with Crippen LogP contribution in [0.15, 0.2) is 29.6 Å². The Bertz CT molecular complexity index is 511. The monoisotopic (exact) mass is 372 g/mol. The Kier molecular flexibility index (Phi) is 4.27. The van der Waals surface area contributed by atoms with Crippen molar-refractivity contribution in [1.29, 1.82) is 0 Å². The Labute approximate surface area is 126 Å². The van der Waals surface area contributed by atoms with Crippen LogP contribution in [0.1, 0.15) is 31.5 Å². The molecule has 1 heterocycles. The van der Waals surface area contributed by atoms with Gasteiger partial charge in [0.15, 0.2) is 0 Å². The minimum absolute atomic E-state index is 0.145. The van der Waals surface area contributed by atoms with E-state index in [0.717, 1.165) is 17.9 Å². The molecule has 0 aliphatic rings. The first kappa shape index (κ1) is 13.8. The molecule has 96 valence electrons. The van der Waals surface area contributed by atoms with Gasteiger partial charge in [-0.15, -0.1) is 11.3 Å². The summed E-state index contributed by atoms with van der Waals surface area (Å²) in [6.07, 6.45) is 0. The highest BCUT2D eigenvalue weighted by atomic mass is 127. The molecular formula is C14H17IN2S. The standard InChI is InChI=1S/C14H17IN2S/c1-14(2,3)13-17-12(9-18-13)8-16-11-6-4-10(15)5-7-11/h4-7,9,16H,8H2,1-3H3. The van der Waals surface area contributed by atoms with Crippen molar-refractivity contribution < 1.29 is 0 Å². The molecule has 2 nitrogen and oxygen atoms in total. The van der Waals surface area contributed by atoms with Crippen LogP contribution in [0.25, 0.3) is 0 Å². The lowest BCUT2D eigenvalue weighted by molar-refractivity contribution is 0.583. The van der Waals surface area contributed by atoms with E-state index >= 15 is 0 Å². The molecule has 0 fully saturated rings. The van der Waals surface area contributed by atoms with Crippen LogP contribution in [-0.2, 0) is 12.0 Å². The van der Waals surface area contributed by atoms with E-state index < -0.39 is 0 Å². The van der Waals surface area contributed by atoms with E-state index in [0.29, 0.717) is 0 Å². The molecule has 1 aromatic heterocycles. The van der Waals surface area contributed by atoms with Crippen LogP contribution in [0.5, 0.6) is 0 Å². The fraction of sp³-hybridized carbons (Fsp3) is 0.357. The number of aromatic nitrogens is 1. The van der Waals surface area contributed by atoms with Gasteiger partial charge in [-0.25, -0.2) is 4.98 Å². The van der Waals surface area contributed by atoms with Crippen LogP contribution in [-0.4, -0.2) is 4.98 Å². The minimum Gasteiger partial charge on any atom is -0.379 e. The molecular weight excluding hydrogens is 355 g/mol. The second-order valence-electron chi connectivity index (χ2n) is 5.25. The molecule has 1 aromatic carbocycles. The first-order valence-corrected chi connectivity index (χ1v) is 7.85. The van der Waals surface area contributed by atoms with Gasteiger partial charge in [0.2, 0.25) is 0 Å². The molecule has 0 saturated heterocycles. The maximum Gasteiger partial charge on any atom is 0.0982 e. The summed E-state index contributed by atoms with van der Waals surface area (Å²) in [7, 11) is 0. The van der Waals surface area contributed by atoms with E-state index in [-0.39, 0.29) is 5.41 Å². The number of nitrogens with one attached hydrogen (secondary N) is 1. The van der Waals surface area contributed by atoms with Crippen molar-refractivity contribution in [3.63, 3.8) is 0 Å². The lowest BCUT2D eigenvalue weighted by Gasteiger charge is -2.13. The molecule has 0 aliphatic heterocycles.